The Labute approximate surface area is 127 Å². The van der Waals surface area contributed by atoms with Crippen molar-refractivity contribution in [2.75, 3.05) is 7.11 Å². The largest absolute Gasteiger partial charge is 0.493 e. The molecule has 2 rings (SSSR count). The van der Waals surface area contributed by atoms with Crippen molar-refractivity contribution in [1.29, 1.82) is 0 Å². The number of pyridine rings is 1. The maximum atomic E-state index is 9.09. The van der Waals surface area contributed by atoms with Crippen molar-refractivity contribution in [3.8, 4) is 17.4 Å². The summed E-state index contributed by atoms with van der Waals surface area (Å²) in [6.45, 7) is -0.0448. The molecule has 4 nitrogen and oxygen atoms in total. The van der Waals surface area contributed by atoms with E-state index in [0.29, 0.717) is 17.4 Å². The zero-order chi connectivity index (χ0) is 13.8. The fraction of sp³-hybridized carbons (Fsp3) is 0.154. The van der Waals surface area contributed by atoms with Crippen LogP contribution in [0.1, 0.15) is 5.56 Å². The molecule has 0 amide bonds. The smallest absolute Gasteiger partial charge is 0.233 e. The van der Waals surface area contributed by atoms with E-state index in [-0.39, 0.29) is 6.61 Å². The normalized spacial score (nSPS) is 10.3. The highest BCUT2D eigenvalue weighted by molar-refractivity contribution is 9.11. The van der Waals surface area contributed by atoms with Gasteiger partial charge in [0.1, 0.15) is 0 Å². The third-order valence-electron chi connectivity index (χ3n) is 2.39. The first-order chi connectivity index (χ1) is 9.13. The number of nitrogens with zero attached hydrogens (tertiary/aromatic N) is 1. The van der Waals surface area contributed by atoms with Crippen LogP contribution in [0.4, 0.5) is 0 Å². The number of hydrogen-bond acceptors (Lipinski definition) is 4. The predicted molar refractivity (Wildman–Crippen MR) is 78.6 cm³/mol. The lowest BCUT2D eigenvalue weighted by Gasteiger charge is -2.11. The molecule has 0 spiro atoms. The minimum absolute atomic E-state index is 0.0448. The molecule has 2 aromatic rings. The molecule has 0 bridgehead atoms. The van der Waals surface area contributed by atoms with Crippen LogP contribution in [0.2, 0.25) is 0 Å². The van der Waals surface area contributed by atoms with Gasteiger partial charge in [0.25, 0.3) is 0 Å². The lowest BCUT2D eigenvalue weighted by molar-refractivity contribution is 0.280. The Morgan fingerprint density at radius 2 is 2.00 bits per heavy atom. The lowest BCUT2D eigenvalue weighted by atomic mass is 10.2. The standard InChI is InChI=1S/C13H11Br2NO3/c1-18-12-4-8(7-17)2-3-11(12)19-13-10(15)5-9(14)6-16-13/h2-6,17H,7H2,1H3. The molecule has 0 aliphatic carbocycles. The number of rotatable bonds is 4. The van der Waals surface area contributed by atoms with Gasteiger partial charge in [0.05, 0.1) is 18.2 Å². The van der Waals surface area contributed by atoms with E-state index in [1.54, 1.807) is 31.5 Å². The average molecular weight is 389 g/mol. The molecule has 1 aromatic carbocycles. The molecule has 0 radical (unpaired) electrons. The number of benzene rings is 1. The van der Waals surface area contributed by atoms with Gasteiger partial charge in [-0.25, -0.2) is 4.98 Å². The zero-order valence-corrected chi connectivity index (χ0v) is 13.2. The number of halogens is 2. The fourth-order valence-electron chi connectivity index (χ4n) is 1.48. The van der Waals surface area contributed by atoms with Gasteiger partial charge in [0.2, 0.25) is 5.88 Å². The van der Waals surface area contributed by atoms with Crippen LogP contribution in [0.3, 0.4) is 0 Å². The van der Waals surface area contributed by atoms with Crippen molar-refractivity contribution < 1.29 is 14.6 Å². The van der Waals surface area contributed by atoms with Crippen molar-refractivity contribution in [3.63, 3.8) is 0 Å². The molecule has 0 aliphatic rings. The van der Waals surface area contributed by atoms with Crippen molar-refractivity contribution >= 4 is 31.9 Å². The summed E-state index contributed by atoms with van der Waals surface area (Å²) in [6.07, 6.45) is 1.65. The summed E-state index contributed by atoms with van der Waals surface area (Å²) in [5, 5.41) is 9.09. The molecule has 0 unspecified atom stereocenters. The van der Waals surface area contributed by atoms with Gasteiger partial charge in [-0.15, -0.1) is 0 Å². The second-order valence-corrected chi connectivity index (χ2v) is 5.46. The van der Waals surface area contributed by atoms with E-state index in [0.717, 1.165) is 14.5 Å². The highest BCUT2D eigenvalue weighted by Crippen LogP contribution is 2.35. The van der Waals surface area contributed by atoms with Gasteiger partial charge < -0.3 is 14.6 Å². The molecule has 1 heterocycles. The van der Waals surface area contributed by atoms with Crippen LogP contribution in [-0.4, -0.2) is 17.2 Å². The highest BCUT2D eigenvalue weighted by atomic mass is 79.9. The molecule has 19 heavy (non-hydrogen) atoms. The van der Waals surface area contributed by atoms with Crippen molar-refractivity contribution in [2.45, 2.75) is 6.61 Å². The van der Waals surface area contributed by atoms with Gasteiger partial charge >= 0.3 is 0 Å². The number of ether oxygens (including phenoxy) is 2. The summed E-state index contributed by atoms with van der Waals surface area (Å²) >= 11 is 6.71. The Morgan fingerprint density at radius 3 is 2.63 bits per heavy atom. The van der Waals surface area contributed by atoms with Gasteiger partial charge in [-0.3, -0.25) is 0 Å². The SMILES string of the molecule is COc1cc(CO)ccc1Oc1ncc(Br)cc1Br. The number of aliphatic hydroxyl groups excluding tert-OH is 1. The summed E-state index contributed by atoms with van der Waals surface area (Å²) in [5.74, 6) is 1.52. The topological polar surface area (TPSA) is 51.6 Å². The van der Waals surface area contributed by atoms with Crippen LogP contribution in [0.25, 0.3) is 0 Å². The number of methoxy groups -OCH3 is 1. The molecule has 0 fully saturated rings. The minimum Gasteiger partial charge on any atom is -0.493 e. The maximum absolute atomic E-state index is 9.09. The minimum atomic E-state index is -0.0448. The quantitative estimate of drug-likeness (QED) is 0.862. The van der Waals surface area contributed by atoms with E-state index in [2.05, 4.69) is 36.8 Å². The van der Waals surface area contributed by atoms with E-state index in [4.69, 9.17) is 14.6 Å². The van der Waals surface area contributed by atoms with Gasteiger partial charge in [0, 0.05) is 10.7 Å². The van der Waals surface area contributed by atoms with E-state index in [9.17, 15) is 0 Å². The van der Waals surface area contributed by atoms with Gasteiger partial charge in [0.15, 0.2) is 11.5 Å². The Morgan fingerprint density at radius 1 is 1.21 bits per heavy atom. The van der Waals surface area contributed by atoms with Crippen LogP contribution in [-0.2, 0) is 6.61 Å². The fourth-order valence-corrected chi connectivity index (χ4v) is 2.54. The summed E-state index contributed by atoms with van der Waals surface area (Å²) < 4.78 is 12.5. The molecular formula is C13H11Br2NO3. The first-order valence-electron chi connectivity index (χ1n) is 5.40. The highest BCUT2D eigenvalue weighted by Gasteiger charge is 2.10. The molecule has 100 valence electrons. The van der Waals surface area contributed by atoms with Gasteiger partial charge in [-0.05, 0) is 55.6 Å². The van der Waals surface area contributed by atoms with E-state index < -0.39 is 0 Å². The molecule has 6 heteroatoms. The molecule has 0 atom stereocenters. The molecule has 0 aliphatic heterocycles. The van der Waals surface area contributed by atoms with Crippen LogP contribution in [0.15, 0.2) is 39.4 Å². The lowest BCUT2D eigenvalue weighted by Crippen LogP contribution is -1.94. The molecule has 1 N–H and O–H groups in total. The summed E-state index contributed by atoms with van der Waals surface area (Å²) in [7, 11) is 1.55. The van der Waals surface area contributed by atoms with Crippen LogP contribution in [0, 0.1) is 0 Å². The second-order valence-electron chi connectivity index (χ2n) is 3.69. The Bertz CT molecular complexity index is 590. The van der Waals surface area contributed by atoms with Crippen LogP contribution < -0.4 is 9.47 Å². The molecule has 0 saturated heterocycles. The van der Waals surface area contributed by atoms with E-state index in [1.165, 1.54) is 0 Å². The summed E-state index contributed by atoms with van der Waals surface area (Å²) in [5.41, 5.74) is 0.757. The average Bonchev–Trinajstić information content (AvgIpc) is 2.42. The zero-order valence-electron chi connectivity index (χ0n) is 10.1. The number of aliphatic hydroxyl groups is 1. The van der Waals surface area contributed by atoms with Crippen LogP contribution >= 0.6 is 31.9 Å². The van der Waals surface area contributed by atoms with E-state index in [1.807, 2.05) is 6.07 Å². The van der Waals surface area contributed by atoms with Crippen LogP contribution in [0.5, 0.6) is 17.4 Å². The molecular weight excluding hydrogens is 378 g/mol. The van der Waals surface area contributed by atoms with Crippen molar-refractivity contribution in [1.82, 2.24) is 4.98 Å². The summed E-state index contributed by atoms with van der Waals surface area (Å²) in [4.78, 5) is 4.17. The Hall–Kier alpha value is -1.11. The number of hydrogen-bond donors (Lipinski definition) is 1. The third-order valence-corrected chi connectivity index (χ3v) is 3.39. The molecule has 0 saturated carbocycles. The van der Waals surface area contributed by atoms with Gasteiger partial charge in [-0.2, -0.15) is 0 Å². The summed E-state index contributed by atoms with van der Waals surface area (Å²) in [6, 6.07) is 7.07. The maximum Gasteiger partial charge on any atom is 0.233 e. The van der Waals surface area contributed by atoms with E-state index >= 15 is 0 Å². The first kappa shape index (κ1) is 14.3. The van der Waals surface area contributed by atoms with Crippen molar-refractivity contribution in [3.05, 3.63) is 45.0 Å². The first-order valence-corrected chi connectivity index (χ1v) is 6.99. The monoisotopic (exact) mass is 387 g/mol. The number of aromatic nitrogens is 1. The second kappa shape index (κ2) is 6.36. The Kier molecular flexibility index (Phi) is 4.79. The third kappa shape index (κ3) is 3.46. The van der Waals surface area contributed by atoms with Crippen molar-refractivity contribution in [2.24, 2.45) is 0 Å². The Balaban J connectivity index is 2.32. The molecule has 1 aromatic heterocycles. The predicted octanol–water partition coefficient (Wildman–Crippen LogP) is 3.90. The van der Waals surface area contributed by atoms with Gasteiger partial charge in [-0.1, -0.05) is 6.07 Å².